The number of ether oxygens (including phenoxy) is 1. The number of benzene rings is 1. The first kappa shape index (κ1) is 14.7. The molecule has 1 atom stereocenters. The molecule has 6 heteroatoms. The Labute approximate surface area is 129 Å². The molecule has 0 bridgehead atoms. The normalized spacial score (nSPS) is 17.6. The second kappa shape index (κ2) is 6.27. The lowest BCUT2D eigenvalue weighted by atomic mass is 10.1. The van der Waals surface area contributed by atoms with Crippen molar-refractivity contribution >= 4 is 5.91 Å². The van der Waals surface area contributed by atoms with Crippen LogP contribution in [-0.4, -0.2) is 40.7 Å². The number of hydrogen-bond donors (Lipinski definition) is 0. The number of rotatable bonds is 4. The van der Waals surface area contributed by atoms with E-state index in [1.165, 1.54) is 0 Å². The highest BCUT2D eigenvalue weighted by atomic mass is 16.5. The summed E-state index contributed by atoms with van der Waals surface area (Å²) in [6, 6.07) is 7.89. The van der Waals surface area contributed by atoms with Crippen LogP contribution in [-0.2, 0) is 16.1 Å². The minimum atomic E-state index is -0.329. The van der Waals surface area contributed by atoms with E-state index in [0.717, 1.165) is 24.0 Å². The molecule has 1 aromatic carbocycles. The molecule has 2 aromatic rings. The summed E-state index contributed by atoms with van der Waals surface area (Å²) in [4.78, 5) is 18.1. The minimum absolute atomic E-state index is 0.0344. The molecule has 1 aromatic heterocycles. The first-order valence-corrected chi connectivity index (χ1v) is 7.39. The van der Waals surface area contributed by atoms with Crippen LogP contribution in [0, 0.1) is 6.92 Å². The van der Waals surface area contributed by atoms with Crippen molar-refractivity contribution in [3.05, 3.63) is 35.7 Å². The average Bonchev–Trinajstić information content (AvgIpc) is 3.18. The van der Waals surface area contributed by atoms with Gasteiger partial charge in [-0.1, -0.05) is 28.9 Å². The molecule has 1 aliphatic rings. The lowest BCUT2D eigenvalue weighted by Gasteiger charge is -2.18. The maximum Gasteiger partial charge on any atom is 0.251 e. The molecule has 0 aliphatic carbocycles. The third-order valence-electron chi connectivity index (χ3n) is 3.70. The number of amides is 1. The van der Waals surface area contributed by atoms with E-state index in [2.05, 4.69) is 10.1 Å². The highest BCUT2D eigenvalue weighted by Crippen LogP contribution is 2.18. The zero-order valence-corrected chi connectivity index (χ0v) is 12.8. The molecule has 0 saturated carbocycles. The number of aryl methyl sites for hydroxylation is 1. The summed E-state index contributed by atoms with van der Waals surface area (Å²) < 4.78 is 10.6. The summed E-state index contributed by atoms with van der Waals surface area (Å²) in [5.74, 6) is 0.926. The Bertz CT molecular complexity index is 662. The van der Waals surface area contributed by atoms with Crippen LogP contribution < -0.4 is 0 Å². The zero-order valence-electron chi connectivity index (χ0n) is 12.8. The molecule has 6 nitrogen and oxygen atoms in total. The van der Waals surface area contributed by atoms with Crippen LogP contribution in [0.15, 0.2) is 28.8 Å². The molecular weight excluding hydrogens is 282 g/mol. The van der Waals surface area contributed by atoms with Gasteiger partial charge in [0, 0.05) is 19.2 Å². The summed E-state index contributed by atoms with van der Waals surface area (Å²) in [5, 5.41) is 3.98. The zero-order chi connectivity index (χ0) is 15.5. The van der Waals surface area contributed by atoms with E-state index in [0.29, 0.717) is 18.3 Å². The summed E-state index contributed by atoms with van der Waals surface area (Å²) in [7, 11) is 1.72. The van der Waals surface area contributed by atoms with E-state index in [9.17, 15) is 4.79 Å². The average molecular weight is 301 g/mol. The molecule has 1 amide bonds. The maximum atomic E-state index is 12.2. The largest absolute Gasteiger partial charge is 0.368 e. The number of carbonyl (C=O) groups is 1. The standard InChI is InChI=1S/C16H19N3O3/c1-11-5-3-6-12(9-11)15-17-14(22-18-15)10-19(2)16(20)13-7-4-8-21-13/h3,5-6,9,13H,4,7-8,10H2,1-2H3/t13-/m1/s1. The van der Waals surface area contributed by atoms with Crippen molar-refractivity contribution < 1.29 is 14.1 Å². The molecule has 22 heavy (non-hydrogen) atoms. The van der Waals surface area contributed by atoms with Crippen LogP contribution in [0.5, 0.6) is 0 Å². The third kappa shape index (κ3) is 3.17. The number of carbonyl (C=O) groups excluding carboxylic acids is 1. The molecule has 1 fully saturated rings. The molecule has 2 heterocycles. The maximum absolute atomic E-state index is 12.2. The monoisotopic (exact) mass is 301 g/mol. The van der Waals surface area contributed by atoms with E-state index >= 15 is 0 Å². The molecule has 0 radical (unpaired) electrons. The summed E-state index contributed by atoms with van der Waals surface area (Å²) in [5.41, 5.74) is 2.04. The van der Waals surface area contributed by atoms with Crippen LogP contribution in [0.4, 0.5) is 0 Å². The van der Waals surface area contributed by atoms with Gasteiger partial charge in [-0.25, -0.2) is 0 Å². The van der Waals surface area contributed by atoms with Crippen LogP contribution >= 0.6 is 0 Å². The quantitative estimate of drug-likeness (QED) is 0.866. The van der Waals surface area contributed by atoms with Gasteiger partial charge in [0.05, 0.1) is 6.54 Å². The van der Waals surface area contributed by atoms with E-state index in [-0.39, 0.29) is 18.6 Å². The SMILES string of the molecule is Cc1cccc(-c2noc(CN(C)C(=O)[C@H]3CCCO3)n2)c1. The Kier molecular flexibility index (Phi) is 4.20. The Morgan fingerprint density at radius 2 is 2.32 bits per heavy atom. The summed E-state index contributed by atoms with van der Waals surface area (Å²) >= 11 is 0. The van der Waals surface area contributed by atoms with Crippen molar-refractivity contribution in [1.29, 1.82) is 0 Å². The highest BCUT2D eigenvalue weighted by Gasteiger charge is 2.27. The smallest absolute Gasteiger partial charge is 0.251 e. The minimum Gasteiger partial charge on any atom is -0.368 e. The van der Waals surface area contributed by atoms with E-state index < -0.39 is 0 Å². The first-order valence-electron chi connectivity index (χ1n) is 7.39. The summed E-state index contributed by atoms with van der Waals surface area (Å²) in [6.07, 6.45) is 1.38. The number of likely N-dealkylation sites (N-methyl/N-ethyl adjacent to an activating group) is 1. The predicted molar refractivity (Wildman–Crippen MR) is 79.9 cm³/mol. The fourth-order valence-corrected chi connectivity index (χ4v) is 2.52. The first-order chi connectivity index (χ1) is 10.6. The van der Waals surface area contributed by atoms with Crippen molar-refractivity contribution in [1.82, 2.24) is 15.0 Å². The van der Waals surface area contributed by atoms with Gasteiger partial charge in [0.2, 0.25) is 11.7 Å². The fourth-order valence-electron chi connectivity index (χ4n) is 2.52. The second-order valence-electron chi connectivity index (χ2n) is 5.58. The van der Waals surface area contributed by atoms with Gasteiger partial charge in [-0.15, -0.1) is 0 Å². The molecule has 116 valence electrons. The Balaban J connectivity index is 1.67. The fraction of sp³-hybridized carbons (Fsp3) is 0.438. The number of nitrogens with zero attached hydrogens (tertiary/aromatic N) is 3. The lowest BCUT2D eigenvalue weighted by molar-refractivity contribution is -0.140. The number of hydrogen-bond acceptors (Lipinski definition) is 5. The van der Waals surface area contributed by atoms with Crippen molar-refractivity contribution in [3.63, 3.8) is 0 Å². The van der Waals surface area contributed by atoms with Crippen LogP contribution in [0.1, 0.15) is 24.3 Å². The van der Waals surface area contributed by atoms with Gasteiger partial charge in [-0.2, -0.15) is 4.98 Å². The van der Waals surface area contributed by atoms with Crippen molar-refractivity contribution in [2.24, 2.45) is 0 Å². The molecule has 1 saturated heterocycles. The van der Waals surface area contributed by atoms with E-state index in [1.54, 1.807) is 11.9 Å². The summed E-state index contributed by atoms with van der Waals surface area (Å²) in [6.45, 7) is 2.96. The number of aromatic nitrogens is 2. The lowest BCUT2D eigenvalue weighted by Crippen LogP contribution is -2.35. The Morgan fingerprint density at radius 1 is 1.45 bits per heavy atom. The van der Waals surface area contributed by atoms with Crippen molar-refractivity contribution in [2.75, 3.05) is 13.7 Å². The van der Waals surface area contributed by atoms with Crippen molar-refractivity contribution in [2.45, 2.75) is 32.4 Å². The van der Waals surface area contributed by atoms with Crippen LogP contribution in [0.25, 0.3) is 11.4 Å². The van der Waals surface area contributed by atoms with Crippen LogP contribution in [0.2, 0.25) is 0 Å². The molecule has 1 aliphatic heterocycles. The van der Waals surface area contributed by atoms with Gasteiger partial charge >= 0.3 is 0 Å². The van der Waals surface area contributed by atoms with Gasteiger partial charge in [0.15, 0.2) is 0 Å². The third-order valence-corrected chi connectivity index (χ3v) is 3.70. The molecule has 3 rings (SSSR count). The highest BCUT2D eigenvalue weighted by molar-refractivity contribution is 5.80. The van der Waals surface area contributed by atoms with Crippen LogP contribution in [0.3, 0.4) is 0 Å². The van der Waals surface area contributed by atoms with Gasteiger partial charge < -0.3 is 14.2 Å². The van der Waals surface area contributed by atoms with Gasteiger partial charge in [-0.3, -0.25) is 4.79 Å². The van der Waals surface area contributed by atoms with E-state index in [4.69, 9.17) is 9.26 Å². The second-order valence-corrected chi connectivity index (χ2v) is 5.58. The van der Waals surface area contributed by atoms with Gasteiger partial charge in [0.1, 0.15) is 6.10 Å². The Morgan fingerprint density at radius 3 is 3.05 bits per heavy atom. The Hall–Kier alpha value is -2.21. The van der Waals surface area contributed by atoms with Gasteiger partial charge in [-0.05, 0) is 25.8 Å². The van der Waals surface area contributed by atoms with Gasteiger partial charge in [0.25, 0.3) is 5.91 Å². The topological polar surface area (TPSA) is 68.5 Å². The molecule has 0 unspecified atom stereocenters. The predicted octanol–water partition coefficient (Wildman–Crippen LogP) is 2.18. The molecule has 0 N–H and O–H groups in total. The molecule has 0 spiro atoms. The molecular formula is C16H19N3O3. The van der Waals surface area contributed by atoms with E-state index in [1.807, 2.05) is 31.2 Å². The van der Waals surface area contributed by atoms with Crippen molar-refractivity contribution in [3.8, 4) is 11.4 Å².